The maximum absolute atomic E-state index is 16.2. The van der Waals surface area contributed by atoms with E-state index < -0.39 is 71.3 Å². The number of aliphatic hydroxyl groups excluding tert-OH is 1. The van der Waals surface area contributed by atoms with Crippen LogP contribution in [0.25, 0.3) is 33.6 Å². The Morgan fingerprint density at radius 1 is 0.440 bits per heavy atom. The number of rotatable bonds is 24. The van der Waals surface area contributed by atoms with Crippen LogP contribution in [0.1, 0.15) is 89.5 Å². The summed E-state index contributed by atoms with van der Waals surface area (Å²) in [5.41, 5.74) is 0.0838. The van der Waals surface area contributed by atoms with Gasteiger partial charge in [0.2, 0.25) is 0 Å². The predicted octanol–water partition coefficient (Wildman–Crippen LogP) is 11.0. The van der Waals surface area contributed by atoms with Gasteiger partial charge in [-0.15, -0.1) is 10.2 Å². The summed E-state index contributed by atoms with van der Waals surface area (Å²) in [6.07, 6.45) is 8.63. The first-order valence-electron chi connectivity index (χ1n) is 35.5. The van der Waals surface area contributed by atoms with Crippen molar-refractivity contribution in [2.24, 2.45) is 5.92 Å². The highest BCUT2D eigenvalue weighted by Gasteiger charge is 2.58. The molecule has 12 aromatic rings. The Labute approximate surface area is 624 Å². The lowest BCUT2D eigenvalue weighted by atomic mass is 9.85. The first-order chi connectivity index (χ1) is 52.0. The quantitative estimate of drug-likeness (QED) is 0.0475. The van der Waals surface area contributed by atoms with E-state index in [0.29, 0.717) is 29.2 Å². The van der Waals surface area contributed by atoms with E-state index in [-0.39, 0.29) is 36.0 Å². The highest BCUT2D eigenvalue weighted by atomic mass is 19.3. The summed E-state index contributed by atoms with van der Waals surface area (Å²) in [5.74, 6) is -9.16. The molecule has 0 aliphatic carbocycles. The minimum atomic E-state index is -3.96. The van der Waals surface area contributed by atoms with E-state index in [2.05, 4.69) is 91.6 Å². The van der Waals surface area contributed by atoms with Crippen LogP contribution >= 0.6 is 0 Å². The van der Waals surface area contributed by atoms with Crippen LogP contribution in [0.2, 0.25) is 0 Å². The van der Waals surface area contributed by atoms with Gasteiger partial charge in [-0.1, -0.05) is 95.8 Å². The lowest BCUT2D eigenvalue weighted by Gasteiger charge is -2.37. The molecule has 0 saturated carbocycles. The lowest BCUT2D eigenvalue weighted by Crippen LogP contribution is -2.47. The summed E-state index contributed by atoms with van der Waals surface area (Å²) in [5, 5.41) is 62.7. The number of hydrogen-bond donors (Lipinski definition) is 3. The fraction of sp³-hybridized carbons (Fsp3) is 0.333. The van der Waals surface area contributed by atoms with Crippen LogP contribution in [0.3, 0.4) is 0 Å². The Kier molecular flexibility index (Phi) is 22.9. The van der Waals surface area contributed by atoms with Gasteiger partial charge in [-0.2, -0.15) is 27.8 Å². The zero-order valence-corrected chi connectivity index (χ0v) is 59.8. The van der Waals surface area contributed by atoms with Crippen LogP contribution in [-0.2, 0) is 36.1 Å². The van der Waals surface area contributed by atoms with E-state index in [0.717, 1.165) is 151 Å². The van der Waals surface area contributed by atoms with E-state index in [9.17, 15) is 33.7 Å². The van der Waals surface area contributed by atoms with E-state index in [1.165, 1.54) is 70.4 Å². The van der Waals surface area contributed by atoms with Crippen molar-refractivity contribution in [1.29, 1.82) is 0 Å². The van der Waals surface area contributed by atoms with Gasteiger partial charge in [0.15, 0.2) is 11.2 Å². The number of aromatic nitrogens is 16. The van der Waals surface area contributed by atoms with Gasteiger partial charge in [-0.05, 0) is 178 Å². The molecule has 568 valence electrons. The highest BCUT2D eigenvalue weighted by Crippen LogP contribution is 2.48. The molecule has 0 amide bonds. The van der Waals surface area contributed by atoms with Gasteiger partial charge in [0.25, 0.3) is 0 Å². The minimum Gasteiger partial charge on any atom is -0.391 e. The number of aliphatic hydroxyl groups is 3. The van der Waals surface area contributed by atoms with Crippen molar-refractivity contribution < 1.29 is 41.7 Å². The monoisotopic (exact) mass is 1490 g/mol. The van der Waals surface area contributed by atoms with Gasteiger partial charge in [-0.25, -0.2) is 46.2 Å². The number of benzene rings is 6. The smallest absolute Gasteiger partial charge is 0.350 e. The second-order valence-electron chi connectivity index (χ2n) is 27.2. The fourth-order valence-electron chi connectivity index (χ4n) is 14.0. The molecular formula is C78H84F6N20O5. The van der Waals surface area contributed by atoms with E-state index in [4.69, 9.17) is 0 Å². The van der Waals surface area contributed by atoms with E-state index >= 15 is 17.6 Å². The van der Waals surface area contributed by atoms with Gasteiger partial charge in [0.05, 0.1) is 42.7 Å². The average Bonchev–Trinajstić information content (AvgIpc) is 1.65. The number of anilines is 4. The third-order valence-electron chi connectivity index (χ3n) is 20.2. The highest BCUT2D eigenvalue weighted by molar-refractivity contribution is 5.68. The first kappa shape index (κ1) is 76.9. The molecule has 6 aromatic carbocycles. The van der Waals surface area contributed by atoms with Crippen LogP contribution in [0, 0.1) is 17.6 Å². The van der Waals surface area contributed by atoms with Crippen molar-refractivity contribution in [3.8, 4) is 33.6 Å². The van der Waals surface area contributed by atoms with Crippen molar-refractivity contribution in [1.82, 2.24) is 79.1 Å². The molecule has 0 bridgehead atoms. The Balaban J connectivity index is 0.000000201. The number of pyridine rings is 2. The molecular weight excluding hydrogens is 1410 g/mol. The fourth-order valence-corrected chi connectivity index (χ4v) is 14.0. The molecule has 2 unspecified atom stereocenters. The van der Waals surface area contributed by atoms with E-state index in [1.807, 2.05) is 104 Å². The Morgan fingerprint density at radius 2 is 0.771 bits per heavy atom. The molecule has 2 aliphatic rings. The van der Waals surface area contributed by atoms with Crippen molar-refractivity contribution in [3.63, 3.8) is 0 Å². The molecule has 14 rings (SSSR count). The summed E-state index contributed by atoms with van der Waals surface area (Å²) < 4.78 is 101. The normalized spacial score (nSPS) is 15.5. The zero-order chi connectivity index (χ0) is 76.1. The number of halogens is 6. The Hall–Kier alpha value is -11.7. The molecule has 31 heteroatoms. The zero-order valence-electron chi connectivity index (χ0n) is 59.8. The van der Waals surface area contributed by atoms with E-state index in [1.54, 1.807) is 22.5 Å². The van der Waals surface area contributed by atoms with Crippen molar-refractivity contribution in [2.45, 2.75) is 109 Å². The number of nitrogens with zero attached hydrogens (tertiary/aromatic N) is 20. The number of alkyl halides is 4. The van der Waals surface area contributed by atoms with Crippen molar-refractivity contribution in [2.75, 3.05) is 72.0 Å². The molecule has 0 spiro atoms. The number of piperazine rings is 2. The Bertz CT molecular complexity index is 4750. The van der Waals surface area contributed by atoms with Gasteiger partial charge < -0.3 is 34.9 Å². The van der Waals surface area contributed by atoms with Crippen LogP contribution in [-0.4, -0.2) is 153 Å². The summed E-state index contributed by atoms with van der Waals surface area (Å²) in [7, 11) is 0. The summed E-state index contributed by atoms with van der Waals surface area (Å²) >= 11 is 0. The van der Waals surface area contributed by atoms with Crippen LogP contribution < -0.4 is 31.0 Å². The number of hydrogen-bond acceptors (Lipinski definition) is 19. The molecule has 6 aromatic heterocycles. The lowest BCUT2D eigenvalue weighted by molar-refractivity contribution is -0.206. The molecule has 5 atom stereocenters. The van der Waals surface area contributed by atoms with Gasteiger partial charge >= 0.3 is 23.2 Å². The molecule has 2 saturated heterocycles. The van der Waals surface area contributed by atoms with Crippen LogP contribution in [0.5, 0.6) is 0 Å². The van der Waals surface area contributed by atoms with Gasteiger partial charge in [0, 0.05) is 98.6 Å². The first-order valence-corrected chi connectivity index (χ1v) is 35.5. The number of tetrazole rings is 2. The molecule has 109 heavy (non-hydrogen) atoms. The Morgan fingerprint density at radius 3 is 1.06 bits per heavy atom. The molecule has 0 radical (unpaired) electrons. The molecule has 2 fully saturated rings. The molecule has 25 nitrogen and oxygen atoms in total. The average molecular weight is 1500 g/mol. The predicted molar refractivity (Wildman–Crippen MR) is 400 cm³/mol. The molecule has 3 N–H and O–H groups in total. The second kappa shape index (κ2) is 32.4. The largest absolute Gasteiger partial charge is 0.391 e. The van der Waals surface area contributed by atoms with Gasteiger partial charge in [0.1, 0.15) is 48.3 Å². The third kappa shape index (κ3) is 15.9. The third-order valence-corrected chi connectivity index (χ3v) is 20.2. The van der Waals surface area contributed by atoms with Crippen molar-refractivity contribution in [3.05, 3.63) is 263 Å². The standard InChI is InChI=1S/C39H41F3N10O2.C38H39F3N10O3.CH4/c1-4-35(27(2)3)52-37(53)51(26-45-52)34-15-13-33(14-16-34)49-20-18-48(19-21-49)32-11-8-28(9-12-32)29-10-17-36(43-23-29)39(41,42)38(54,24-50-25-44-46-47-50)30-6-5-7-31(40)22-30;1-3-34(26(2)52)51-36(53)50(25-44-51)33-14-12-32(13-15-33)48-19-17-47(18-20-48)31-10-7-27(8-11-31)28-9-16-35(42-22-28)38(40,41)37(54,23-49-24-43-45-46-49)29-5-4-6-30(39)21-29;/h5-17,22-23,25-27,35,54H,4,18-21,24H2,1-3H3;4-16,21-22,24-26,34,52,54H,3,17-20,23H2,1-2H3;1H4/t35-,38?;26-,34-,37?;/m00./s1. The molecule has 2 aliphatic heterocycles. The topological polar surface area (TPSA) is 266 Å². The maximum atomic E-state index is 16.2. The SMILES string of the molecule is C.CC[C@@H](C(C)C)n1ncn(-c2ccc(N3CCN(c4ccc(-c5ccc(C(F)(F)C(O)(Cn6cnnn6)c6cccc(F)c6)nc5)cc4)CC3)cc2)c1=O.CC[C@@H]([C@H](C)O)n1ncn(-c2ccc(N3CCN(c4ccc(-c5ccc(C(F)(F)C(O)(Cn6cnnn6)c6cccc(F)c6)nc5)cc4)CC3)cc2)c1=O. The van der Waals surface area contributed by atoms with Crippen LogP contribution in [0.15, 0.2) is 217 Å². The molecule has 8 heterocycles. The summed E-state index contributed by atoms with van der Waals surface area (Å²) in [4.78, 5) is 43.4. The maximum Gasteiger partial charge on any atom is 0.350 e. The second-order valence-corrected chi connectivity index (χ2v) is 27.2. The van der Waals surface area contributed by atoms with Gasteiger partial charge in [-0.3, -0.25) is 9.97 Å². The summed E-state index contributed by atoms with van der Waals surface area (Å²) in [6, 6.07) is 45.2. The van der Waals surface area contributed by atoms with Crippen LogP contribution in [0.4, 0.5) is 49.1 Å². The van der Waals surface area contributed by atoms with Crippen molar-refractivity contribution >= 4 is 22.7 Å². The summed E-state index contributed by atoms with van der Waals surface area (Å²) in [6.45, 7) is 14.6. The minimum absolute atomic E-state index is 0.